The summed E-state index contributed by atoms with van der Waals surface area (Å²) in [7, 11) is 0. The Morgan fingerprint density at radius 2 is 2.06 bits per heavy atom. The molecule has 4 nitrogen and oxygen atoms in total. The first kappa shape index (κ1) is 12.6. The Hall–Kier alpha value is -0.870. The molecule has 0 aliphatic carbocycles. The first-order valence-corrected chi connectivity index (χ1v) is 6.69. The van der Waals surface area contributed by atoms with E-state index in [0.717, 1.165) is 44.8 Å². The summed E-state index contributed by atoms with van der Waals surface area (Å²) in [5, 5.41) is 3.39. The van der Waals surface area contributed by atoms with Crippen LogP contribution >= 0.6 is 0 Å². The molecule has 0 radical (unpaired) electrons. The van der Waals surface area contributed by atoms with Crippen molar-refractivity contribution >= 4 is 0 Å². The van der Waals surface area contributed by atoms with Crippen LogP contribution < -0.4 is 5.32 Å². The first-order valence-electron chi connectivity index (χ1n) is 6.69. The second-order valence-electron chi connectivity index (χ2n) is 4.95. The summed E-state index contributed by atoms with van der Waals surface area (Å²) in [5.41, 5.74) is 2.45. The lowest BCUT2D eigenvalue weighted by molar-refractivity contribution is 0.182. The van der Waals surface area contributed by atoms with Crippen LogP contribution in [0.25, 0.3) is 0 Å². The minimum absolute atomic E-state index is 0.576. The van der Waals surface area contributed by atoms with Crippen molar-refractivity contribution in [3.8, 4) is 0 Å². The SMILES string of the molecule is CCc1nc(CC(C)N2CCNCC2)[nH]c1C. The third-order valence-corrected chi connectivity index (χ3v) is 3.63. The Kier molecular flexibility index (Phi) is 4.18. The molecule has 0 bridgehead atoms. The second-order valence-corrected chi connectivity index (χ2v) is 4.95. The molecule has 1 aromatic heterocycles. The van der Waals surface area contributed by atoms with Gasteiger partial charge in [-0.1, -0.05) is 6.92 Å². The molecule has 2 rings (SSSR count). The summed E-state index contributed by atoms with van der Waals surface area (Å²) in [6, 6.07) is 0.576. The summed E-state index contributed by atoms with van der Waals surface area (Å²) in [4.78, 5) is 10.6. The van der Waals surface area contributed by atoms with Crippen molar-refractivity contribution in [2.45, 2.75) is 39.7 Å². The Morgan fingerprint density at radius 3 is 2.65 bits per heavy atom. The van der Waals surface area contributed by atoms with Gasteiger partial charge in [-0.05, 0) is 20.3 Å². The van der Waals surface area contributed by atoms with Crippen molar-refractivity contribution < 1.29 is 0 Å². The van der Waals surface area contributed by atoms with Gasteiger partial charge in [0, 0.05) is 44.3 Å². The Bertz CT molecular complexity index is 352. The standard InChI is InChI=1S/C13H24N4/c1-4-12-11(3)15-13(16-12)9-10(2)17-7-5-14-6-8-17/h10,14H,4-9H2,1-3H3,(H,15,16). The lowest BCUT2D eigenvalue weighted by atomic mass is 10.1. The summed E-state index contributed by atoms with van der Waals surface area (Å²) >= 11 is 0. The molecule has 0 aromatic carbocycles. The zero-order chi connectivity index (χ0) is 12.3. The molecule has 0 saturated carbocycles. The average molecular weight is 236 g/mol. The quantitative estimate of drug-likeness (QED) is 0.823. The van der Waals surface area contributed by atoms with E-state index < -0.39 is 0 Å². The maximum atomic E-state index is 4.67. The van der Waals surface area contributed by atoms with Crippen molar-refractivity contribution in [3.05, 3.63) is 17.2 Å². The number of piperazine rings is 1. The highest BCUT2D eigenvalue weighted by molar-refractivity contribution is 5.13. The zero-order valence-electron chi connectivity index (χ0n) is 11.2. The van der Waals surface area contributed by atoms with E-state index in [1.54, 1.807) is 0 Å². The molecule has 4 heteroatoms. The van der Waals surface area contributed by atoms with Crippen LogP contribution in [0.5, 0.6) is 0 Å². The molecule has 0 spiro atoms. The van der Waals surface area contributed by atoms with Crippen LogP contribution in [0.3, 0.4) is 0 Å². The molecule has 1 fully saturated rings. The number of aryl methyl sites for hydroxylation is 2. The van der Waals surface area contributed by atoms with Gasteiger partial charge in [0.25, 0.3) is 0 Å². The largest absolute Gasteiger partial charge is 0.346 e. The van der Waals surface area contributed by atoms with Crippen molar-refractivity contribution in [1.82, 2.24) is 20.2 Å². The highest BCUT2D eigenvalue weighted by Gasteiger charge is 2.18. The number of aromatic amines is 1. The highest BCUT2D eigenvalue weighted by atomic mass is 15.2. The molecule has 1 aliphatic heterocycles. The van der Waals surface area contributed by atoms with Crippen LogP contribution in [-0.2, 0) is 12.8 Å². The fraction of sp³-hybridized carbons (Fsp3) is 0.769. The molecule has 1 aromatic rings. The van der Waals surface area contributed by atoms with Crippen molar-refractivity contribution in [3.63, 3.8) is 0 Å². The van der Waals surface area contributed by atoms with Crippen molar-refractivity contribution in [2.75, 3.05) is 26.2 Å². The summed E-state index contributed by atoms with van der Waals surface area (Å²) in [5.74, 6) is 1.14. The molecule has 96 valence electrons. The van der Waals surface area contributed by atoms with E-state index in [-0.39, 0.29) is 0 Å². The van der Waals surface area contributed by atoms with Crippen molar-refractivity contribution in [1.29, 1.82) is 0 Å². The van der Waals surface area contributed by atoms with Gasteiger partial charge in [0.2, 0.25) is 0 Å². The third-order valence-electron chi connectivity index (χ3n) is 3.63. The molecular weight excluding hydrogens is 212 g/mol. The molecule has 17 heavy (non-hydrogen) atoms. The molecule has 1 saturated heterocycles. The van der Waals surface area contributed by atoms with Crippen LogP contribution in [0.2, 0.25) is 0 Å². The van der Waals surface area contributed by atoms with E-state index in [1.165, 1.54) is 11.4 Å². The van der Waals surface area contributed by atoms with Gasteiger partial charge >= 0.3 is 0 Å². The van der Waals surface area contributed by atoms with Crippen LogP contribution in [-0.4, -0.2) is 47.1 Å². The first-order chi connectivity index (χ1) is 8.20. The molecular formula is C13H24N4. The fourth-order valence-corrected chi connectivity index (χ4v) is 2.54. The van der Waals surface area contributed by atoms with Gasteiger partial charge in [-0.3, -0.25) is 4.90 Å². The normalized spacial score (nSPS) is 19.5. The molecule has 0 amide bonds. The van der Waals surface area contributed by atoms with Gasteiger partial charge < -0.3 is 10.3 Å². The number of aromatic nitrogens is 2. The van der Waals surface area contributed by atoms with Crippen LogP contribution in [0.15, 0.2) is 0 Å². The molecule has 2 N–H and O–H groups in total. The van der Waals surface area contributed by atoms with Crippen LogP contribution in [0.1, 0.15) is 31.1 Å². The van der Waals surface area contributed by atoms with Gasteiger partial charge in [-0.25, -0.2) is 4.98 Å². The van der Waals surface area contributed by atoms with Crippen molar-refractivity contribution in [2.24, 2.45) is 0 Å². The van der Waals surface area contributed by atoms with Gasteiger partial charge in [-0.15, -0.1) is 0 Å². The Morgan fingerprint density at radius 1 is 1.35 bits per heavy atom. The van der Waals surface area contributed by atoms with E-state index in [9.17, 15) is 0 Å². The summed E-state index contributed by atoms with van der Waals surface area (Å²) in [6.07, 6.45) is 2.05. The van der Waals surface area contributed by atoms with Gasteiger partial charge in [-0.2, -0.15) is 0 Å². The topological polar surface area (TPSA) is 44.0 Å². The maximum Gasteiger partial charge on any atom is 0.108 e. The molecule has 1 atom stereocenters. The Labute approximate surface area is 104 Å². The van der Waals surface area contributed by atoms with Gasteiger partial charge in [0.1, 0.15) is 5.82 Å². The number of hydrogen-bond donors (Lipinski definition) is 2. The third kappa shape index (κ3) is 3.07. The zero-order valence-corrected chi connectivity index (χ0v) is 11.2. The molecule has 1 unspecified atom stereocenters. The monoisotopic (exact) mass is 236 g/mol. The number of hydrogen-bond acceptors (Lipinski definition) is 3. The van der Waals surface area contributed by atoms with E-state index in [0.29, 0.717) is 6.04 Å². The lowest BCUT2D eigenvalue weighted by Crippen LogP contribution is -2.48. The minimum atomic E-state index is 0.576. The lowest BCUT2D eigenvalue weighted by Gasteiger charge is -2.32. The number of rotatable bonds is 4. The Balaban J connectivity index is 1.94. The number of H-pyrrole nitrogens is 1. The molecule has 1 aliphatic rings. The van der Waals surface area contributed by atoms with Gasteiger partial charge in [0.15, 0.2) is 0 Å². The summed E-state index contributed by atoms with van der Waals surface area (Å²) < 4.78 is 0. The molecule has 2 heterocycles. The van der Waals surface area contributed by atoms with E-state index in [2.05, 4.69) is 41.0 Å². The number of nitrogens with one attached hydrogen (secondary N) is 2. The number of nitrogens with zero attached hydrogens (tertiary/aromatic N) is 2. The van der Waals surface area contributed by atoms with Crippen LogP contribution in [0, 0.1) is 6.92 Å². The summed E-state index contributed by atoms with van der Waals surface area (Å²) in [6.45, 7) is 11.1. The van der Waals surface area contributed by atoms with E-state index in [1.807, 2.05) is 0 Å². The predicted molar refractivity (Wildman–Crippen MR) is 70.3 cm³/mol. The fourth-order valence-electron chi connectivity index (χ4n) is 2.54. The maximum absolute atomic E-state index is 4.67. The van der Waals surface area contributed by atoms with E-state index in [4.69, 9.17) is 0 Å². The second kappa shape index (κ2) is 5.65. The van der Waals surface area contributed by atoms with Gasteiger partial charge in [0.05, 0.1) is 5.69 Å². The van der Waals surface area contributed by atoms with E-state index >= 15 is 0 Å². The predicted octanol–water partition coefficient (Wildman–Crippen LogP) is 1.12. The highest BCUT2D eigenvalue weighted by Crippen LogP contribution is 2.10. The smallest absolute Gasteiger partial charge is 0.108 e. The minimum Gasteiger partial charge on any atom is -0.346 e. The number of imidazole rings is 1. The van der Waals surface area contributed by atoms with Crippen LogP contribution in [0.4, 0.5) is 0 Å². The average Bonchev–Trinajstić information content (AvgIpc) is 2.70.